The second kappa shape index (κ2) is 3.13. The summed E-state index contributed by atoms with van der Waals surface area (Å²) in [6.45, 7) is 4.18. The molecule has 1 radical (unpaired) electrons. The third-order valence-corrected chi connectivity index (χ3v) is 2.16. The molecule has 0 fully saturated rings. The maximum atomic E-state index is 2.12. The average Bonchev–Trinajstić information content (AvgIpc) is 2.53. The molecule has 1 aliphatic rings. The van der Waals surface area contributed by atoms with Crippen LogP contribution >= 0.6 is 0 Å². The van der Waals surface area contributed by atoms with Crippen LogP contribution in [0.15, 0.2) is 36.7 Å². The van der Waals surface area contributed by atoms with E-state index in [2.05, 4.69) is 49.0 Å². The second-order valence-electron chi connectivity index (χ2n) is 3.27. The van der Waals surface area contributed by atoms with Crippen LogP contribution in [0, 0.1) is 13.6 Å². The molecule has 0 aliphatic carbocycles. The molecule has 67 valence electrons. The minimum absolute atomic E-state index is 1.24. The van der Waals surface area contributed by atoms with E-state index in [-0.39, 0.29) is 0 Å². The van der Waals surface area contributed by atoms with Gasteiger partial charge in [0.1, 0.15) is 6.67 Å². The van der Waals surface area contributed by atoms with Gasteiger partial charge >= 0.3 is 0 Å². The first-order chi connectivity index (χ1) is 6.27. The van der Waals surface area contributed by atoms with Crippen LogP contribution < -0.4 is 4.90 Å². The molecule has 2 nitrogen and oxygen atoms in total. The van der Waals surface area contributed by atoms with Crippen LogP contribution in [0.1, 0.15) is 5.56 Å². The Morgan fingerprint density at radius 2 is 1.85 bits per heavy atom. The highest BCUT2D eigenvalue weighted by atomic mass is 15.3. The molecule has 0 atom stereocenters. The lowest BCUT2D eigenvalue weighted by molar-refractivity contribution is 0.574. The van der Waals surface area contributed by atoms with Gasteiger partial charge in [0, 0.05) is 25.1 Å². The molecule has 1 aromatic carbocycles. The van der Waals surface area contributed by atoms with E-state index in [4.69, 9.17) is 0 Å². The Labute approximate surface area is 79.1 Å². The van der Waals surface area contributed by atoms with E-state index in [1.807, 2.05) is 18.1 Å². The minimum atomic E-state index is 1.24. The SMILES string of the molecule is Cc1ccccc1N1[CH]N(C)C=C1. The maximum absolute atomic E-state index is 2.12. The van der Waals surface area contributed by atoms with Gasteiger partial charge in [-0.2, -0.15) is 0 Å². The lowest BCUT2D eigenvalue weighted by atomic mass is 10.2. The molecule has 0 amide bonds. The molecule has 1 aliphatic heterocycles. The molecule has 1 aromatic rings. The summed E-state index contributed by atoms with van der Waals surface area (Å²) < 4.78 is 0. The van der Waals surface area contributed by atoms with Gasteiger partial charge in [-0.15, -0.1) is 0 Å². The molecule has 13 heavy (non-hydrogen) atoms. The molecule has 0 N–H and O–H groups in total. The zero-order valence-corrected chi connectivity index (χ0v) is 7.94. The van der Waals surface area contributed by atoms with Gasteiger partial charge in [-0.05, 0) is 18.6 Å². The number of hydrogen-bond donors (Lipinski definition) is 0. The molecular formula is C11H13N2. The van der Waals surface area contributed by atoms with Crippen molar-refractivity contribution in [1.29, 1.82) is 0 Å². The molecule has 2 rings (SSSR count). The third-order valence-electron chi connectivity index (χ3n) is 2.16. The van der Waals surface area contributed by atoms with Gasteiger partial charge in [-0.3, -0.25) is 0 Å². The third kappa shape index (κ3) is 1.52. The Bertz CT molecular complexity index is 331. The lowest BCUT2D eigenvalue weighted by Gasteiger charge is -2.18. The van der Waals surface area contributed by atoms with Crippen LogP contribution in [-0.4, -0.2) is 11.9 Å². The van der Waals surface area contributed by atoms with E-state index >= 15 is 0 Å². The van der Waals surface area contributed by atoms with E-state index in [9.17, 15) is 0 Å². The second-order valence-corrected chi connectivity index (χ2v) is 3.27. The van der Waals surface area contributed by atoms with Crippen LogP contribution in [0.2, 0.25) is 0 Å². The van der Waals surface area contributed by atoms with Crippen molar-refractivity contribution < 1.29 is 0 Å². The smallest absolute Gasteiger partial charge is 0.145 e. The molecule has 0 saturated carbocycles. The predicted octanol–water partition coefficient (Wildman–Crippen LogP) is 2.34. The van der Waals surface area contributed by atoms with Crippen LogP contribution in [0.4, 0.5) is 5.69 Å². The van der Waals surface area contributed by atoms with Crippen LogP contribution in [-0.2, 0) is 0 Å². The zero-order chi connectivity index (χ0) is 9.26. The molecule has 0 bridgehead atoms. The van der Waals surface area contributed by atoms with Gasteiger partial charge in [0.2, 0.25) is 0 Å². The summed E-state index contributed by atoms with van der Waals surface area (Å²) >= 11 is 0. The largest absolute Gasteiger partial charge is 0.356 e. The first kappa shape index (κ1) is 8.17. The van der Waals surface area contributed by atoms with Crippen molar-refractivity contribution in [2.75, 3.05) is 11.9 Å². The number of rotatable bonds is 1. The normalized spacial score (nSPS) is 15.5. The zero-order valence-electron chi connectivity index (χ0n) is 7.94. The van der Waals surface area contributed by atoms with Crippen molar-refractivity contribution in [3.63, 3.8) is 0 Å². The van der Waals surface area contributed by atoms with E-state index in [1.165, 1.54) is 11.3 Å². The fraction of sp³-hybridized carbons (Fsp3) is 0.182. The molecule has 0 aromatic heterocycles. The number of benzene rings is 1. The van der Waals surface area contributed by atoms with Crippen molar-refractivity contribution in [3.05, 3.63) is 48.9 Å². The molecule has 0 unspecified atom stereocenters. The molecule has 0 spiro atoms. The van der Waals surface area contributed by atoms with Crippen LogP contribution in [0.3, 0.4) is 0 Å². The van der Waals surface area contributed by atoms with Gasteiger partial charge in [0.25, 0.3) is 0 Å². The highest BCUT2D eigenvalue weighted by Gasteiger charge is 2.12. The van der Waals surface area contributed by atoms with E-state index in [0.29, 0.717) is 0 Å². The first-order valence-electron chi connectivity index (χ1n) is 4.36. The topological polar surface area (TPSA) is 6.48 Å². The van der Waals surface area contributed by atoms with Gasteiger partial charge in [-0.1, -0.05) is 18.2 Å². The molecule has 2 heteroatoms. The van der Waals surface area contributed by atoms with Gasteiger partial charge in [0.15, 0.2) is 0 Å². The number of anilines is 1. The number of hydrogen-bond acceptors (Lipinski definition) is 2. The Morgan fingerprint density at radius 1 is 1.08 bits per heavy atom. The molecule has 1 heterocycles. The number of para-hydroxylation sites is 1. The Kier molecular flexibility index (Phi) is 1.97. The average molecular weight is 173 g/mol. The summed E-state index contributed by atoms with van der Waals surface area (Å²) in [6.07, 6.45) is 4.09. The Morgan fingerprint density at radius 3 is 2.46 bits per heavy atom. The van der Waals surface area contributed by atoms with Gasteiger partial charge < -0.3 is 9.80 Å². The number of aryl methyl sites for hydroxylation is 1. The van der Waals surface area contributed by atoms with Crippen molar-refractivity contribution in [2.24, 2.45) is 0 Å². The van der Waals surface area contributed by atoms with Crippen molar-refractivity contribution in [3.8, 4) is 0 Å². The molecular weight excluding hydrogens is 160 g/mol. The molecule has 0 saturated heterocycles. The van der Waals surface area contributed by atoms with Crippen LogP contribution in [0.5, 0.6) is 0 Å². The number of nitrogens with zero attached hydrogens (tertiary/aromatic N) is 2. The standard InChI is InChI=1S/C11H13N2/c1-10-5-3-4-6-11(10)13-8-7-12(2)9-13/h3-9H,1-2H3. The summed E-state index contributed by atoms with van der Waals surface area (Å²) in [5.74, 6) is 0. The lowest BCUT2D eigenvalue weighted by Crippen LogP contribution is -2.15. The minimum Gasteiger partial charge on any atom is -0.356 e. The van der Waals surface area contributed by atoms with E-state index in [0.717, 1.165) is 0 Å². The summed E-state index contributed by atoms with van der Waals surface area (Å²) in [5, 5.41) is 0. The maximum Gasteiger partial charge on any atom is 0.145 e. The predicted molar refractivity (Wildman–Crippen MR) is 54.9 cm³/mol. The summed E-state index contributed by atoms with van der Waals surface area (Å²) in [4.78, 5) is 4.15. The summed E-state index contributed by atoms with van der Waals surface area (Å²) in [7, 11) is 2.02. The quantitative estimate of drug-likeness (QED) is 0.643. The highest BCUT2D eigenvalue weighted by Crippen LogP contribution is 2.24. The first-order valence-corrected chi connectivity index (χ1v) is 4.36. The van der Waals surface area contributed by atoms with Gasteiger partial charge in [-0.25, -0.2) is 0 Å². The van der Waals surface area contributed by atoms with Crippen molar-refractivity contribution >= 4 is 5.69 Å². The monoisotopic (exact) mass is 173 g/mol. The van der Waals surface area contributed by atoms with E-state index in [1.54, 1.807) is 0 Å². The fourth-order valence-electron chi connectivity index (χ4n) is 1.45. The Hall–Kier alpha value is -1.44. The Balaban J connectivity index is 2.27. The summed E-state index contributed by atoms with van der Waals surface area (Å²) in [6, 6.07) is 8.36. The van der Waals surface area contributed by atoms with E-state index < -0.39 is 0 Å². The summed E-state index contributed by atoms with van der Waals surface area (Å²) in [5.41, 5.74) is 2.53. The van der Waals surface area contributed by atoms with Crippen molar-refractivity contribution in [2.45, 2.75) is 6.92 Å². The van der Waals surface area contributed by atoms with Gasteiger partial charge in [0.05, 0.1) is 0 Å². The fourth-order valence-corrected chi connectivity index (χ4v) is 1.45. The van der Waals surface area contributed by atoms with Crippen LogP contribution in [0.25, 0.3) is 0 Å². The highest BCUT2D eigenvalue weighted by molar-refractivity contribution is 5.57. The van der Waals surface area contributed by atoms with Crippen molar-refractivity contribution in [1.82, 2.24) is 4.90 Å².